The number of hydrogen-bond acceptors (Lipinski definition) is 6. The summed E-state index contributed by atoms with van der Waals surface area (Å²) in [7, 11) is 3.13. The molecule has 150 valence electrons. The number of rotatable bonds is 10. The molecule has 1 N–H and O–H groups in total. The molecule has 0 unspecified atom stereocenters. The van der Waals surface area contributed by atoms with E-state index in [2.05, 4.69) is 22.1 Å². The van der Waals surface area contributed by atoms with Gasteiger partial charge in [-0.1, -0.05) is 30.0 Å². The highest BCUT2D eigenvalue weighted by Gasteiger charge is 2.17. The first-order chi connectivity index (χ1) is 13.4. The predicted octanol–water partition coefficient (Wildman–Crippen LogP) is 1.65. The quantitative estimate of drug-likeness (QED) is 0.479. The lowest BCUT2D eigenvalue weighted by Crippen LogP contribution is -2.37. The fourth-order valence-electron chi connectivity index (χ4n) is 2.32. The number of nitrogens with one attached hydrogen (secondary N) is 1. The lowest BCUT2D eigenvalue weighted by Gasteiger charge is -2.15. The van der Waals surface area contributed by atoms with Gasteiger partial charge in [0.1, 0.15) is 12.4 Å². The van der Waals surface area contributed by atoms with Crippen molar-refractivity contribution in [2.24, 2.45) is 0 Å². The molecular weight excluding hydrogens is 378 g/mol. The van der Waals surface area contributed by atoms with E-state index in [9.17, 15) is 9.59 Å². The van der Waals surface area contributed by atoms with Crippen LogP contribution in [0.4, 0.5) is 0 Å². The van der Waals surface area contributed by atoms with Gasteiger partial charge in [0.15, 0.2) is 11.0 Å². The van der Waals surface area contributed by atoms with Crippen LogP contribution in [0.2, 0.25) is 0 Å². The smallest absolute Gasteiger partial charge is 0.239 e. The minimum Gasteiger partial charge on any atom is -0.486 e. The summed E-state index contributed by atoms with van der Waals surface area (Å²) in [4.78, 5) is 25.0. The van der Waals surface area contributed by atoms with Gasteiger partial charge in [-0.2, -0.15) is 0 Å². The summed E-state index contributed by atoms with van der Waals surface area (Å²) < 4.78 is 7.67. The summed E-state index contributed by atoms with van der Waals surface area (Å²) in [6, 6.07) is 7.77. The van der Waals surface area contributed by atoms with Gasteiger partial charge in [0, 0.05) is 20.6 Å². The van der Waals surface area contributed by atoms with E-state index in [-0.39, 0.29) is 30.7 Å². The Balaban J connectivity index is 2.00. The van der Waals surface area contributed by atoms with E-state index in [0.717, 1.165) is 11.3 Å². The Morgan fingerprint density at radius 3 is 2.86 bits per heavy atom. The monoisotopic (exact) mass is 403 g/mol. The lowest BCUT2D eigenvalue weighted by molar-refractivity contribution is -0.132. The van der Waals surface area contributed by atoms with Crippen molar-refractivity contribution in [3.8, 4) is 5.75 Å². The van der Waals surface area contributed by atoms with E-state index in [4.69, 9.17) is 4.74 Å². The molecule has 2 aromatic rings. The third-order valence-electron chi connectivity index (χ3n) is 3.87. The van der Waals surface area contributed by atoms with E-state index >= 15 is 0 Å². The first-order valence-corrected chi connectivity index (χ1v) is 9.73. The molecule has 9 heteroatoms. The first kappa shape index (κ1) is 21.5. The molecule has 0 fully saturated rings. The molecule has 0 atom stereocenters. The van der Waals surface area contributed by atoms with Crippen LogP contribution in [0, 0.1) is 6.92 Å². The zero-order valence-corrected chi connectivity index (χ0v) is 17.2. The second-order valence-electron chi connectivity index (χ2n) is 6.11. The van der Waals surface area contributed by atoms with Crippen LogP contribution in [0.25, 0.3) is 0 Å². The van der Waals surface area contributed by atoms with Gasteiger partial charge in [-0.3, -0.25) is 14.2 Å². The van der Waals surface area contributed by atoms with Crippen LogP contribution in [-0.4, -0.2) is 57.9 Å². The number of nitrogens with zero attached hydrogens (tertiary/aromatic N) is 4. The van der Waals surface area contributed by atoms with Crippen LogP contribution in [0.5, 0.6) is 5.75 Å². The molecule has 2 amide bonds. The molecule has 0 radical (unpaired) electrons. The summed E-state index contributed by atoms with van der Waals surface area (Å²) >= 11 is 1.27. The highest BCUT2D eigenvalue weighted by Crippen LogP contribution is 2.19. The molecular formula is C19H25N5O3S. The summed E-state index contributed by atoms with van der Waals surface area (Å²) in [6.45, 7) is 6.55. The van der Waals surface area contributed by atoms with E-state index in [0.29, 0.717) is 17.5 Å². The maximum Gasteiger partial charge on any atom is 0.239 e. The van der Waals surface area contributed by atoms with Crippen molar-refractivity contribution in [2.45, 2.75) is 25.2 Å². The topological polar surface area (TPSA) is 89.3 Å². The van der Waals surface area contributed by atoms with E-state index in [1.165, 1.54) is 23.7 Å². The molecule has 0 saturated heterocycles. The summed E-state index contributed by atoms with van der Waals surface area (Å²) in [5.41, 5.74) is 1.11. The fraction of sp³-hybridized carbons (Fsp3) is 0.368. The van der Waals surface area contributed by atoms with Gasteiger partial charge in [-0.05, 0) is 24.6 Å². The van der Waals surface area contributed by atoms with Crippen molar-refractivity contribution in [3.05, 3.63) is 48.3 Å². The molecule has 0 aliphatic heterocycles. The van der Waals surface area contributed by atoms with Crippen LogP contribution in [0.1, 0.15) is 11.4 Å². The molecule has 1 heterocycles. The van der Waals surface area contributed by atoms with Crippen LogP contribution in [-0.2, 0) is 22.7 Å². The first-order valence-electron chi connectivity index (χ1n) is 8.74. The van der Waals surface area contributed by atoms with Crippen LogP contribution in [0.15, 0.2) is 42.1 Å². The number of aryl methyl sites for hydroxylation is 1. The highest BCUT2D eigenvalue weighted by molar-refractivity contribution is 7.99. The molecule has 1 aromatic heterocycles. The third-order valence-corrected chi connectivity index (χ3v) is 4.82. The van der Waals surface area contributed by atoms with Crippen molar-refractivity contribution in [1.82, 2.24) is 25.0 Å². The number of ether oxygens (including phenoxy) is 1. The highest BCUT2D eigenvalue weighted by atomic mass is 32.2. The second kappa shape index (κ2) is 10.5. The normalized spacial score (nSPS) is 10.4. The van der Waals surface area contributed by atoms with Gasteiger partial charge in [0.05, 0.1) is 12.3 Å². The largest absolute Gasteiger partial charge is 0.486 e. The van der Waals surface area contributed by atoms with E-state index < -0.39 is 0 Å². The summed E-state index contributed by atoms with van der Waals surface area (Å²) in [5.74, 6) is 1.18. The number of carbonyl (C=O) groups is 2. The number of aromatic nitrogens is 3. The van der Waals surface area contributed by atoms with Crippen LogP contribution < -0.4 is 10.1 Å². The molecule has 0 aliphatic carbocycles. The minimum atomic E-state index is -0.216. The van der Waals surface area contributed by atoms with E-state index in [1.54, 1.807) is 13.1 Å². The summed E-state index contributed by atoms with van der Waals surface area (Å²) in [5, 5.41) is 11.5. The minimum absolute atomic E-state index is 0.0187. The Hall–Kier alpha value is -2.81. The van der Waals surface area contributed by atoms with Crippen molar-refractivity contribution >= 4 is 23.6 Å². The number of carbonyl (C=O) groups excluding carboxylic acids is 2. The Kier molecular flexibility index (Phi) is 8.06. The lowest BCUT2D eigenvalue weighted by atomic mass is 10.2. The van der Waals surface area contributed by atoms with Gasteiger partial charge in [-0.15, -0.1) is 16.8 Å². The molecule has 0 bridgehead atoms. The van der Waals surface area contributed by atoms with Crippen molar-refractivity contribution in [1.29, 1.82) is 0 Å². The maximum absolute atomic E-state index is 12.2. The van der Waals surface area contributed by atoms with Gasteiger partial charge >= 0.3 is 0 Å². The number of hydrogen-bond donors (Lipinski definition) is 1. The number of benzene rings is 1. The second-order valence-corrected chi connectivity index (χ2v) is 7.06. The Morgan fingerprint density at radius 1 is 1.39 bits per heavy atom. The zero-order chi connectivity index (χ0) is 20.5. The fourth-order valence-corrected chi connectivity index (χ4v) is 3.22. The Bertz CT molecular complexity index is 837. The van der Waals surface area contributed by atoms with Crippen molar-refractivity contribution < 1.29 is 14.3 Å². The van der Waals surface area contributed by atoms with Gasteiger partial charge in [0.2, 0.25) is 11.8 Å². The molecule has 8 nitrogen and oxygen atoms in total. The van der Waals surface area contributed by atoms with Gasteiger partial charge in [-0.25, -0.2) is 0 Å². The molecule has 0 spiro atoms. The SMILES string of the molecule is C=CCn1c(COc2cccc(C)c2)nnc1SCC(=O)N(C)CC(=O)NC. The molecule has 2 rings (SSSR count). The zero-order valence-electron chi connectivity index (χ0n) is 16.3. The maximum atomic E-state index is 12.2. The number of likely N-dealkylation sites (N-methyl/N-ethyl adjacent to an activating group) is 2. The number of amides is 2. The van der Waals surface area contributed by atoms with Crippen LogP contribution >= 0.6 is 11.8 Å². The van der Waals surface area contributed by atoms with Crippen molar-refractivity contribution in [3.63, 3.8) is 0 Å². The van der Waals surface area contributed by atoms with Crippen LogP contribution in [0.3, 0.4) is 0 Å². The third kappa shape index (κ3) is 6.12. The standard InChI is InChI=1S/C19H25N5O3S/c1-5-9-24-16(12-27-15-8-6-7-14(2)10-15)21-22-19(24)28-13-18(26)23(4)11-17(25)20-3/h5-8,10H,1,9,11-13H2,2-4H3,(H,20,25). The van der Waals surface area contributed by atoms with Gasteiger partial charge < -0.3 is 15.0 Å². The molecule has 28 heavy (non-hydrogen) atoms. The average Bonchev–Trinajstić information content (AvgIpc) is 3.06. The van der Waals surface area contributed by atoms with Gasteiger partial charge in [0.25, 0.3) is 0 Å². The molecule has 0 aliphatic rings. The Labute approximate surface area is 169 Å². The van der Waals surface area contributed by atoms with E-state index in [1.807, 2.05) is 35.8 Å². The molecule has 0 saturated carbocycles. The predicted molar refractivity (Wildman–Crippen MR) is 108 cm³/mol. The molecule has 1 aromatic carbocycles. The summed E-state index contributed by atoms with van der Waals surface area (Å²) in [6.07, 6.45) is 1.74. The Morgan fingerprint density at radius 2 is 2.18 bits per heavy atom. The average molecular weight is 404 g/mol. The van der Waals surface area contributed by atoms with Crippen molar-refractivity contribution in [2.75, 3.05) is 26.4 Å². The number of allylic oxidation sites excluding steroid dienone is 1. The number of thioether (sulfide) groups is 1.